The molecule has 1 aromatic heterocycles. The van der Waals surface area contributed by atoms with Gasteiger partial charge < -0.3 is 0 Å². The minimum Gasteiger partial charge on any atom is -0.267 e. The molecule has 1 fully saturated rings. The lowest BCUT2D eigenvalue weighted by Gasteiger charge is -2.35. The summed E-state index contributed by atoms with van der Waals surface area (Å²) in [6, 6.07) is 5.07. The van der Waals surface area contributed by atoms with Crippen molar-refractivity contribution < 1.29 is 9.18 Å². The third-order valence-electron chi connectivity index (χ3n) is 5.18. The number of rotatable bonds is 2. The molecule has 1 saturated carbocycles. The van der Waals surface area contributed by atoms with Gasteiger partial charge in [0.2, 0.25) is 0 Å². The number of alkyl halides is 1. The number of halogens is 3. The van der Waals surface area contributed by atoms with E-state index >= 15 is 4.39 Å². The fourth-order valence-corrected chi connectivity index (χ4v) is 4.75. The Balaban J connectivity index is 1.84. The highest BCUT2D eigenvalue weighted by Crippen LogP contribution is 2.47. The summed E-state index contributed by atoms with van der Waals surface area (Å²) in [4.78, 5) is 13.2. The van der Waals surface area contributed by atoms with Crippen molar-refractivity contribution in [2.45, 2.75) is 50.6 Å². The Morgan fingerprint density at radius 3 is 2.71 bits per heavy atom. The summed E-state index contributed by atoms with van der Waals surface area (Å²) in [5.74, 6) is -0.305. The van der Waals surface area contributed by atoms with Crippen molar-refractivity contribution >= 4 is 40.1 Å². The summed E-state index contributed by atoms with van der Waals surface area (Å²) >= 11 is 8.50. The molecule has 2 aliphatic carbocycles. The Morgan fingerprint density at radius 1 is 1.25 bits per heavy atom. The fraction of sp³-hybridized carbons (Fsp3) is 0.444. The number of hydrogen-bond acceptors (Lipinski definition) is 2. The van der Waals surface area contributed by atoms with Gasteiger partial charge in [-0.3, -0.25) is 4.79 Å². The summed E-state index contributed by atoms with van der Waals surface area (Å²) in [5, 5.41) is 4.75. The Kier molecular flexibility index (Phi) is 4.19. The number of hydrogen-bond donors (Lipinski definition) is 0. The first-order valence-electron chi connectivity index (χ1n) is 8.30. The van der Waals surface area contributed by atoms with E-state index in [9.17, 15) is 4.79 Å². The van der Waals surface area contributed by atoms with Gasteiger partial charge in [0.25, 0.3) is 5.91 Å². The first-order chi connectivity index (χ1) is 11.5. The molecule has 24 heavy (non-hydrogen) atoms. The van der Waals surface area contributed by atoms with Crippen LogP contribution in [0.3, 0.4) is 0 Å². The monoisotopic (exact) mass is 458 g/mol. The van der Waals surface area contributed by atoms with Gasteiger partial charge in [0, 0.05) is 11.1 Å². The SMILES string of the molecule is O=C(c1c(Cl)cccc1C1(F)CCC1)n1nc(I)c2c1CCCC2. The van der Waals surface area contributed by atoms with Gasteiger partial charge in [0.1, 0.15) is 9.37 Å². The predicted octanol–water partition coefficient (Wildman–Crippen LogP) is 5.06. The molecule has 1 aromatic carbocycles. The van der Waals surface area contributed by atoms with Crippen LogP contribution >= 0.6 is 34.2 Å². The van der Waals surface area contributed by atoms with E-state index in [1.165, 1.54) is 4.68 Å². The normalized spacial score (nSPS) is 18.8. The van der Waals surface area contributed by atoms with Gasteiger partial charge in [-0.05, 0) is 73.6 Å². The number of fused-ring (bicyclic) bond motifs is 1. The summed E-state index contributed by atoms with van der Waals surface area (Å²) in [5.41, 5.74) is 1.37. The molecule has 0 N–H and O–H groups in total. The Morgan fingerprint density at radius 2 is 2.00 bits per heavy atom. The van der Waals surface area contributed by atoms with E-state index in [0.717, 1.165) is 47.1 Å². The van der Waals surface area contributed by atoms with Crippen molar-refractivity contribution in [3.05, 3.63) is 49.3 Å². The molecule has 4 rings (SSSR count). The molecule has 6 heteroatoms. The molecule has 0 radical (unpaired) electrons. The van der Waals surface area contributed by atoms with Crippen LogP contribution in [0.2, 0.25) is 5.02 Å². The molecule has 1 heterocycles. The minimum atomic E-state index is -1.43. The zero-order valence-corrected chi connectivity index (χ0v) is 16.0. The zero-order valence-electron chi connectivity index (χ0n) is 13.1. The van der Waals surface area contributed by atoms with Crippen molar-refractivity contribution in [1.29, 1.82) is 0 Å². The van der Waals surface area contributed by atoms with Crippen LogP contribution in [0.25, 0.3) is 0 Å². The smallest absolute Gasteiger partial charge is 0.267 e. The summed E-state index contributed by atoms with van der Waals surface area (Å²) in [7, 11) is 0. The van der Waals surface area contributed by atoms with E-state index in [2.05, 4.69) is 27.7 Å². The second kappa shape index (κ2) is 6.09. The van der Waals surface area contributed by atoms with Crippen LogP contribution in [-0.4, -0.2) is 15.7 Å². The Labute approximate surface area is 158 Å². The fourth-order valence-electron chi connectivity index (χ4n) is 3.70. The van der Waals surface area contributed by atoms with Gasteiger partial charge in [0.05, 0.1) is 16.3 Å². The van der Waals surface area contributed by atoms with Gasteiger partial charge in [-0.1, -0.05) is 23.7 Å². The van der Waals surface area contributed by atoms with Crippen molar-refractivity contribution in [3.8, 4) is 0 Å². The molecule has 126 valence electrons. The molecule has 2 aromatic rings. The van der Waals surface area contributed by atoms with E-state index in [4.69, 9.17) is 11.6 Å². The molecule has 2 aliphatic rings. The first-order valence-corrected chi connectivity index (χ1v) is 9.76. The third kappa shape index (κ3) is 2.51. The molecule has 0 spiro atoms. The topological polar surface area (TPSA) is 34.9 Å². The van der Waals surface area contributed by atoms with Crippen LogP contribution in [0, 0.1) is 3.70 Å². The maximum atomic E-state index is 15.1. The van der Waals surface area contributed by atoms with Crippen LogP contribution in [0.15, 0.2) is 18.2 Å². The lowest BCUT2D eigenvalue weighted by molar-refractivity contribution is 0.0586. The van der Waals surface area contributed by atoms with Crippen LogP contribution in [0.5, 0.6) is 0 Å². The second-order valence-electron chi connectivity index (χ2n) is 6.62. The van der Waals surface area contributed by atoms with Crippen LogP contribution in [-0.2, 0) is 18.5 Å². The predicted molar refractivity (Wildman–Crippen MR) is 99.4 cm³/mol. The lowest BCUT2D eigenvalue weighted by Crippen LogP contribution is -2.32. The molecule has 0 amide bonds. The Hall–Kier alpha value is -0.950. The maximum absolute atomic E-state index is 15.1. The van der Waals surface area contributed by atoms with Gasteiger partial charge in [-0.15, -0.1) is 0 Å². The quantitative estimate of drug-likeness (QED) is 0.590. The Bertz CT molecular complexity index is 829. The standard InChI is InChI=1S/C18H17ClFIN2O/c19-13-7-3-6-12(18(20)9-4-10-18)15(13)17(24)23-14-8-2-1-5-11(14)16(21)22-23/h3,6-7H,1-2,4-5,8-10H2. The number of aromatic nitrogens is 2. The van der Waals surface area contributed by atoms with Crippen LogP contribution < -0.4 is 0 Å². The van der Waals surface area contributed by atoms with Crippen molar-refractivity contribution in [3.63, 3.8) is 0 Å². The van der Waals surface area contributed by atoms with E-state index in [1.54, 1.807) is 18.2 Å². The number of benzene rings is 1. The molecule has 0 unspecified atom stereocenters. The largest absolute Gasteiger partial charge is 0.280 e. The summed E-state index contributed by atoms with van der Waals surface area (Å²) < 4.78 is 17.4. The zero-order chi connectivity index (χ0) is 16.9. The van der Waals surface area contributed by atoms with Crippen molar-refractivity contribution in [1.82, 2.24) is 9.78 Å². The molecular weight excluding hydrogens is 442 g/mol. The average molecular weight is 459 g/mol. The molecular formula is C18H17ClFIN2O. The van der Waals surface area contributed by atoms with E-state index in [1.807, 2.05) is 0 Å². The molecule has 0 aliphatic heterocycles. The first kappa shape index (κ1) is 16.5. The minimum absolute atomic E-state index is 0.272. The van der Waals surface area contributed by atoms with Gasteiger partial charge >= 0.3 is 0 Å². The molecule has 0 atom stereocenters. The van der Waals surface area contributed by atoms with E-state index < -0.39 is 5.67 Å². The van der Waals surface area contributed by atoms with Crippen molar-refractivity contribution in [2.24, 2.45) is 0 Å². The second-order valence-corrected chi connectivity index (χ2v) is 8.05. The molecule has 3 nitrogen and oxygen atoms in total. The number of nitrogens with zero attached hydrogens (tertiary/aromatic N) is 2. The summed E-state index contributed by atoms with van der Waals surface area (Å²) in [6.45, 7) is 0. The van der Waals surface area contributed by atoms with Gasteiger partial charge in [0.15, 0.2) is 0 Å². The highest BCUT2D eigenvalue weighted by molar-refractivity contribution is 14.1. The average Bonchev–Trinajstić information content (AvgIpc) is 2.89. The summed E-state index contributed by atoms with van der Waals surface area (Å²) in [6.07, 6.45) is 5.68. The molecule has 0 saturated heterocycles. The lowest BCUT2D eigenvalue weighted by atomic mass is 9.75. The van der Waals surface area contributed by atoms with Gasteiger partial charge in [-0.2, -0.15) is 9.78 Å². The van der Waals surface area contributed by atoms with E-state index in [-0.39, 0.29) is 11.5 Å². The highest BCUT2D eigenvalue weighted by Gasteiger charge is 2.42. The number of carbonyl (C=O) groups excluding carboxylic acids is 1. The van der Waals surface area contributed by atoms with Crippen LogP contribution in [0.1, 0.15) is 59.3 Å². The maximum Gasteiger partial charge on any atom is 0.280 e. The highest BCUT2D eigenvalue weighted by atomic mass is 127. The number of carbonyl (C=O) groups is 1. The van der Waals surface area contributed by atoms with Crippen LogP contribution in [0.4, 0.5) is 4.39 Å². The third-order valence-corrected chi connectivity index (χ3v) is 6.36. The van der Waals surface area contributed by atoms with Crippen molar-refractivity contribution in [2.75, 3.05) is 0 Å². The molecule has 0 bridgehead atoms. The van der Waals surface area contributed by atoms with E-state index in [0.29, 0.717) is 23.4 Å². The van der Waals surface area contributed by atoms with Gasteiger partial charge in [-0.25, -0.2) is 4.39 Å².